The highest BCUT2D eigenvalue weighted by atomic mass is 127. The molecule has 110 valence electrons. The van der Waals surface area contributed by atoms with E-state index in [2.05, 4.69) is 5.32 Å². The third-order valence-corrected chi connectivity index (χ3v) is 5.16. The van der Waals surface area contributed by atoms with Gasteiger partial charge in [0.2, 0.25) is 0 Å². The molecule has 0 amide bonds. The van der Waals surface area contributed by atoms with Crippen LogP contribution in [0.3, 0.4) is 0 Å². The van der Waals surface area contributed by atoms with E-state index >= 15 is 0 Å². The molecule has 0 radical (unpaired) electrons. The van der Waals surface area contributed by atoms with Gasteiger partial charge in [0, 0.05) is 9.61 Å². The van der Waals surface area contributed by atoms with E-state index in [0.717, 1.165) is 19.4 Å². The minimum atomic E-state index is -0.443. The summed E-state index contributed by atoms with van der Waals surface area (Å²) in [6, 6.07) is 4.03. The van der Waals surface area contributed by atoms with E-state index in [-0.39, 0.29) is 11.3 Å². The van der Waals surface area contributed by atoms with Crippen molar-refractivity contribution in [2.45, 2.75) is 31.7 Å². The maximum absolute atomic E-state index is 12.1. The van der Waals surface area contributed by atoms with Crippen LogP contribution in [0.4, 0.5) is 0 Å². The summed E-state index contributed by atoms with van der Waals surface area (Å²) in [4.78, 5) is 12.1. The molecule has 1 atom stereocenters. The highest BCUT2D eigenvalue weighted by Gasteiger charge is 2.20. The van der Waals surface area contributed by atoms with Gasteiger partial charge in [0.25, 0.3) is 0 Å². The van der Waals surface area contributed by atoms with Crippen molar-refractivity contribution in [2.24, 2.45) is 0 Å². The molecule has 1 saturated heterocycles. The number of phenols is 1. The topological polar surface area (TPSA) is 58.6 Å². The molecule has 0 aromatic heterocycles. The van der Waals surface area contributed by atoms with E-state index in [1.165, 1.54) is 12.8 Å². The normalized spacial score (nSPS) is 18.8. The second kappa shape index (κ2) is 7.79. The van der Waals surface area contributed by atoms with Gasteiger partial charge in [-0.1, -0.05) is 6.42 Å². The molecule has 1 aliphatic rings. The molecule has 0 spiro atoms. The Morgan fingerprint density at radius 3 is 2.80 bits per heavy atom. The number of halogens is 2. The number of hydrogen-bond donors (Lipinski definition) is 2. The molecule has 1 aliphatic heterocycles. The number of rotatable bonds is 4. The minimum absolute atomic E-state index is 0.0123. The van der Waals surface area contributed by atoms with Crippen LogP contribution in [-0.4, -0.2) is 30.3 Å². The molecule has 1 unspecified atom stereocenters. The molecular formula is C14H17I2NO3. The number of phenolic OH excluding ortho intramolecular Hbond substituents is 1. The molecule has 0 aliphatic carbocycles. The Morgan fingerprint density at radius 2 is 2.10 bits per heavy atom. The van der Waals surface area contributed by atoms with Crippen LogP contribution in [0.5, 0.6) is 5.75 Å². The van der Waals surface area contributed by atoms with Crippen LogP contribution in [0.15, 0.2) is 12.1 Å². The van der Waals surface area contributed by atoms with E-state index in [9.17, 15) is 9.90 Å². The molecule has 20 heavy (non-hydrogen) atoms. The highest BCUT2D eigenvalue weighted by molar-refractivity contribution is 14.1. The summed E-state index contributed by atoms with van der Waals surface area (Å²) in [5.41, 5.74) is 0.272. The van der Waals surface area contributed by atoms with Gasteiger partial charge in [0.15, 0.2) is 0 Å². The first kappa shape index (κ1) is 16.3. The number of hydrogen-bond acceptors (Lipinski definition) is 4. The van der Waals surface area contributed by atoms with E-state index in [1.807, 2.05) is 45.2 Å². The Labute approximate surface area is 145 Å². The number of benzene rings is 1. The maximum Gasteiger partial charge on any atom is 0.343 e. The van der Waals surface area contributed by atoms with Crippen molar-refractivity contribution in [3.8, 4) is 5.75 Å². The summed E-state index contributed by atoms with van der Waals surface area (Å²) in [7, 11) is 0. The van der Waals surface area contributed by atoms with Gasteiger partial charge in [-0.25, -0.2) is 4.79 Å². The van der Waals surface area contributed by atoms with Crippen LogP contribution in [0.25, 0.3) is 0 Å². The van der Waals surface area contributed by atoms with Gasteiger partial charge in [-0.15, -0.1) is 0 Å². The fraction of sp³-hybridized carbons (Fsp3) is 0.500. The van der Waals surface area contributed by atoms with Gasteiger partial charge in [-0.05, 0) is 83.1 Å². The lowest BCUT2D eigenvalue weighted by Crippen LogP contribution is -2.35. The second-order valence-electron chi connectivity index (χ2n) is 4.82. The van der Waals surface area contributed by atoms with E-state index in [4.69, 9.17) is 4.74 Å². The Balaban J connectivity index is 1.90. The molecule has 2 rings (SSSR count). The van der Waals surface area contributed by atoms with Gasteiger partial charge >= 0.3 is 5.97 Å². The van der Waals surface area contributed by atoms with Crippen molar-refractivity contribution in [3.63, 3.8) is 0 Å². The summed E-state index contributed by atoms with van der Waals surface area (Å²) < 4.78 is 6.67. The van der Waals surface area contributed by atoms with Crippen molar-refractivity contribution in [1.29, 1.82) is 0 Å². The number of nitrogens with one attached hydrogen (secondary N) is 1. The summed E-state index contributed by atoms with van der Waals surface area (Å²) >= 11 is 4.04. The molecule has 1 heterocycles. The number of carbonyl (C=O) groups excluding carboxylic acids is 1. The monoisotopic (exact) mass is 501 g/mol. The number of carbonyl (C=O) groups is 1. The van der Waals surface area contributed by atoms with Crippen molar-refractivity contribution in [2.75, 3.05) is 13.2 Å². The standard InChI is InChI=1S/C14H17I2NO3/c15-10-4-5-11(16)13(18)12(10)14(19)20-8-6-9-3-1-2-7-17-9/h4-5,9,17-18H,1-3,6-8H2. The van der Waals surface area contributed by atoms with E-state index in [0.29, 0.717) is 19.8 Å². The largest absolute Gasteiger partial charge is 0.506 e. The molecule has 6 heteroatoms. The number of ether oxygens (including phenoxy) is 1. The first-order chi connectivity index (χ1) is 9.59. The quantitative estimate of drug-likeness (QED) is 0.492. The van der Waals surface area contributed by atoms with Crippen LogP contribution in [0.1, 0.15) is 36.0 Å². The van der Waals surface area contributed by atoms with Gasteiger partial charge < -0.3 is 15.2 Å². The summed E-state index contributed by atoms with van der Waals surface area (Å²) in [5, 5.41) is 13.4. The summed E-state index contributed by atoms with van der Waals surface area (Å²) in [6.45, 7) is 1.44. The van der Waals surface area contributed by atoms with Crippen LogP contribution < -0.4 is 5.32 Å². The lowest BCUT2D eigenvalue weighted by molar-refractivity contribution is 0.0481. The highest BCUT2D eigenvalue weighted by Crippen LogP contribution is 2.29. The average Bonchev–Trinajstić information content (AvgIpc) is 2.44. The molecule has 1 fully saturated rings. The second-order valence-corrected chi connectivity index (χ2v) is 7.15. The Hall–Kier alpha value is -0.0900. The fourth-order valence-corrected chi connectivity index (χ4v) is 3.38. The number of aromatic hydroxyl groups is 1. The van der Waals surface area contributed by atoms with Crippen LogP contribution >= 0.6 is 45.2 Å². The Bertz CT molecular complexity index is 488. The van der Waals surface area contributed by atoms with Crippen molar-refractivity contribution >= 4 is 51.2 Å². The fourth-order valence-electron chi connectivity index (χ4n) is 2.27. The van der Waals surface area contributed by atoms with Crippen molar-refractivity contribution < 1.29 is 14.6 Å². The zero-order valence-corrected chi connectivity index (χ0v) is 15.3. The Kier molecular flexibility index (Phi) is 6.34. The molecule has 2 N–H and O–H groups in total. The van der Waals surface area contributed by atoms with Gasteiger partial charge in [0.05, 0.1) is 10.2 Å². The number of piperidine rings is 1. The predicted molar refractivity (Wildman–Crippen MR) is 94.1 cm³/mol. The summed E-state index contributed by atoms with van der Waals surface area (Å²) in [6.07, 6.45) is 4.43. The maximum atomic E-state index is 12.1. The first-order valence-corrected chi connectivity index (χ1v) is 8.83. The predicted octanol–water partition coefficient (Wildman–Crippen LogP) is 3.29. The zero-order valence-electron chi connectivity index (χ0n) is 11.0. The molecule has 4 nitrogen and oxygen atoms in total. The molecular weight excluding hydrogens is 484 g/mol. The zero-order chi connectivity index (χ0) is 14.5. The molecule has 1 aromatic rings. The van der Waals surface area contributed by atoms with Gasteiger partial charge in [-0.2, -0.15) is 0 Å². The van der Waals surface area contributed by atoms with Gasteiger partial charge in [0.1, 0.15) is 11.3 Å². The lowest BCUT2D eigenvalue weighted by Gasteiger charge is -2.23. The van der Waals surface area contributed by atoms with E-state index in [1.54, 1.807) is 12.1 Å². The van der Waals surface area contributed by atoms with Crippen LogP contribution in [0.2, 0.25) is 0 Å². The average molecular weight is 501 g/mol. The molecule has 1 aromatic carbocycles. The SMILES string of the molecule is O=C(OCCC1CCCCN1)c1c(I)ccc(I)c1O. The van der Waals surface area contributed by atoms with Crippen molar-refractivity contribution in [3.05, 3.63) is 24.8 Å². The van der Waals surface area contributed by atoms with E-state index < -0.39 is 5.97 Å². The lowest BCUT2D eigenvalue weighted by atomic mass is 10.0. The van der Waals surface area contributed by atoms with Crippen LogP contribution in [0, 0.1) is 7.14 Å². The van der Waals surface area contributed by atoms with Crippen molar-refractivity contribution in [1.82, 2.24) is 5.32 Å². The Morgan fingerprint density at radius 1 is 1.35 bits per heavy atom. The molecule has 0 saturated carbocycles. The third-order valence-electron chi connectivity index (χ3n) is 3.39. The minimum Gasteiger partial charge on any atom is -0.506 e. The summed E-state index contributed by atoms with van der Waals surface area (Å²) in [5.74, 6) is -0.431. The van der Waals surface area contributed by atoms with Gasteiger partial charge in [-0.3, -0.25) is 0 Å². The third kappa shape index (κ3) is 4.20. The smallest absolute Gasteiger partial charge is 0.343 e. The van der Waals surface area contributed by atoms with Crippen LogP contribution in [-0.2, 0) is 4.74 Å². The first-order valence-electron chi connectivity index (χ1n) is 6.67. The molecule has 0 bridgehead atoms. The number of esters is 1.